The number of rotatable bonds is 6. The summed E-state index contributed by atoms with van der Waals surface area (Å²) >= 11 is 6.16. The Balaban J connectivity index is 1.39. The average molecular weight is 500 g/mol. The Hall–Kier alpha value is -3.10. The molecule has 2 aromatic carbocycles. The van der Waals surface area contributed by atoms with Crippen molar-refractivity contribution in [3.05, 3.63) is 58.6 Å². The minimum atomic E-state index is -0.355. The molecule has 0 radical (unpaired) electrons. The highest BCUT2D eigenvalue weighted by atomic mass is 35.5. The standard InChI is InChI=1S/C26H30ClN3O5/c1-3-24(31)29-17-8-11-22-19(12-17)26(33)30(2)21-10-9-18(35-23(21)15-34-22)13-25(32)28-14-16-6-4-5-7-20(16)27/h4-8,11-12,18,21,23H,3,9-10,13-15H2,1-2H3,(H,28,32)(H,29,31)/t18-,21+,23+/m0/s1. The number of nitrogens with zero attached hydrogens (tertiary/aromatic N) is 1. The van der Waals surface area contributed by atoms with E-state index in [-0.39, 0.29) is 49.0 Å². The van der Waals surface area contributed by atoms with Crippen LogP contribution in [0.4, 0.5) is 5.69 Å². The van der Waals surface area contributed by atoms with Crippen LogP contribution in [-0.2, 0) is 20.9 Å². The molecule has 2 aliphatic heterocycles. The molecule has 35 heavy (non-hydrogen) atoms. The van der Waals surface area contributed by atoms with Crippen LogP contribution >= 0.6 is 11.6 Å². The monoisotopic (exact) mass is 499 g/mol. The minimum absolute atomic E-state index is 0.114. The molecule has 0 unspecified atom stereocenters. The van der Waals surface area contributed by atoms with Crippen LogP contribution in [0.25, 0.3) is 0 Å². The molecule has 8 nitrogen and oxygen atoms in total. The first-order valence-corrected chi connectivity index (χ1v) is 12.2. The van der Waals surface area contributed by atoms with Gasteiger partial charge in [-0.3, -0.25) is 14.4 Å². The molecule has 2 N–H and O–H groups in total. The summed E-state index contributed by atoms with van der Waals surface area (Å²) in [7, 11) is 1.76. The number of likely N-dealkylation sites (N-methyl/N-ethyl adjacent to an activating group) is 1. The number of fused-ring (bicyclic) bond motifs is 2. The lowest BCUT2D eigenvalue weighted by atomic mass is 9.94. The van der Waals surface area contributed by atoms with Crippen LogP contribution in [0.1, 0.15) is 48.5 Å². The fraction of sp³-hybridized carbons (Fsp3) is 0.423. The number of nitrogens with one attached hydrogen (secondary N) is 2. The van der Waals surface area contributed by atoms with E-state index in [9.17, 15) is 14.4 Å². The first kappa shape index (κ1) is 25.0. The summed E-state index contributed by atoms with van der Waals surface area (Å²) < 4.78 is 12.2. The summed E-state index contributed by atoms with van der Waals surface area (Å²) in [5, 5.41) is 6.30. The van der Waals surface area contributed by atoms with Crippen molar-refractivity contribution in [1.29, 1.82) is 0 Å². The van der Waals surface area contributed by atoms with Gasteiger partial charge in [0.2, 0.25) is 11.8 Å². The van der Waals surface area contributed by atoms with Crippen molar-refractivity contribution < 1.29 is 23.9 Å². The number of benzene rings is 2. The van der Waals surface area contributed by atoms with E-state index in [0.717, 1.165) is 5.56 Å². The van der Waals surface area contributed by atoms with Crippen LogP contribution in [-0.4, -0.2) is 54.5 Å². The zero-order valence-corrected chi connectivity index (χ0v) is 20.6. The lowest BCUT2D eigenvalue weighted by Crippen LogP contribution is -2.53. The summed E-state index contributed by atoms with van der Waals surface area (Å²) in [6, 6.07) is 12.3. The number of carbonyl (C=O) groups excluding carboxylic acids is 3. The predicted molar refractivity (Wildman–Crippen MR) is 133 cm³/mol. The Kier molecular flexibility index (Phi) is 7.93. The molecule has 0 spiro atoms. The molecule has 186 valence electrons. The van der Waals surface area contributed by atoms with E-state index in [1.54, 1.807) is 43.1 Å². The Morgan fingerprint density at radius 3 is 2.71 bits per heavy atom. The minimum Gasteiger partial charge on any atom is -0.490 e. The van der Waals surface area contributed by atoms with Crippen LogP contribution in [0.3, 0.4) is 0 Å². The number of anilines is 1. The third-order valence-corrected chi connectivity index (χ3v) is 6.83. The van der Waals surface area contributed by atoms with Gasteiger partial charge >= 0.3 is 0 Å². The molecule has 1 saturated heterocycles. The molecule has 0 aliphatic carbocycles. The highest BCUT2D eigenvalue weighted by molar-refractivity contribution is 6.31. The molecule has 0 saturated carbocycles. The SMILES string of the molecule is CCC(=O)Nc1ccc2c(c1)C(=O)N(C)[C@@H]1CC[C@@H](CC(=O)NCc3ccccc3Cl)O[C@@H]1CO2. The molecular weight excluding hydrogens is 470 g/mol. The van der Waals surface area contributed by atoms with E-state index in [4.69, 9.17) is 21.1 Å². The lowest BCUT2D eigenvalue weighted by molar-refractivity contribution is -0.134. The summed E-state index contributed by atoms with van der Waals surface area (Å²) in [5.74, 6) is 0.0107. The first-order chi connectivity index (χ1) is 16.9. The molecule has 2 aliphatic rings. The third kappa shape index (κ3) is 5.94. The molecule has 9 heteroatoms. The molecule has 4 rings (SSSR count). The van der Waals surface area contributed by atoms with E-state index in [2.05, 4.69) is 10.6 Å². The van der Waals surface area contributed by atoms with E-state index in [1.165, 1.54) is 0 Å². The van der Waals surface area contributed by atoms with Crippen molar-refractivity contribution in [1.82, 2.24) is 10.2 Å². The average Bonchev–Trinajstić information content (AvgIpc) is 2.86. The second-order valence-electron chi connectivity index (χ2n) is 8.85. The van der Waals surface area contributed by atoms with Crippen LogP contribution in [0.15, 0.2) is 42.5 Å². The summed E-state index contributed by atoms with van der Waals surface area (Å²) in [6.07, 6.45) is 1.30. The fourth-order valence-electron chi connectivity index (χ4n) is 4.47. The largest absolute Gasteiger partial charge is 0.490 e. The molecule has 3 amide bonds. The summed E-state index contributed by atoms with van der Waals surface area (Å²) in [5.41, 5.74) is 1.82. The van der Waals surface area contributed by atoms with Gasteiger partial charge in [-0.15, -0.1) is 0 Å². The molecular formula is C26H30ClN3O5. The number of ether oxygens (including phenoxy) is 2. The molecule has 1 fully saturated rings. The Morgan fingerprint density at radius 1 is 1.14 bits per heavy atom. The second-order valence-corrected chi connectivity index (χ2v) is 9.26. The molecule has 2 heterocycles. The van der Waals surface area contributed by atoms with Crippen LogP contribution in [0.2, 0.25) is 5.02 Å². The van der Waals surface area contributed by atoms with Crippen molar-refractivity contribution >= 4 is 35.0 Å². The van der Waals surface area contributed by atoms with Gasteiger partial charge in [-0.25, -0.2) is 0 Å². The number of carbonyl (C=O) groups is 3. The van der Waals surface area contributed by atoms with Crippen molar-refractivity contribution in [3.8, 4) is 5.75 Å². The smallest absolute Gasteiger partial charge is 0.257 e. The summed E-state index contributed by atoms with van der Waals surface area (Å²) in [4.78, 5) is 39.2. The van der Waals surface area contributed by atoms with E-state index < -0.39 is 0 Å². The lowest BCUT2D eigenvalue weighted by Gasteiger charge is -2.42. The Morgan fingerprint density at radius 2 is 1.94 bits per heavy atom. The van der Waals surface area contributed by atoms with Crippen molar-refractivity contribution in [2.45, 2.75) is 57.4 Å². The maximum Gasteiger partial charge on any atom is 0.257 e. The highest BCUT2D eigenvalue weighted by Crippen LogP contribution is 2.32. The van der Waals surface area contributed by atoms with Gasteiger partial charge in [-0.05, 0) is 42.7 Å². The molecule has 0 bridgehead atoms. The van der Waals surface area contributed by atoms with Crippen molar-refractivity contribution in [2.75, 3.05) is 19.0 Å². The number of halogens is 1. The molecule has 3 atom stereocenters. The number of hydrogen-bond acceptors (Lipinski definition) is 5. The van der Waals surface area contributed by atoms with Gasteiger partial charge in [0.05, 0.1) is 24.1 Å². The highest BCUT2D eigenvalue weighted by Gasteiger charge is 2.39. The quantitative estimate of drug-likeness (QED) is 0.630. The van der Waals surface area contributed by atoms with Crippen molar-refractivity contribution in [3.63, 3.8) is 0 Å². The van der Waals surface area contributed by atoms with Crippen LogP contribution < -0.4 is 15.4 Å². The maximum atomic E-state index is 13.3. The zero-order valence-electron chi connectivity index (χ0n) is 19.9. The third-order valence-electron chi connectivity index (χ3n) is 6.46. The van der Waals surface area contributed by atoms with Gasteiger partial charge in [0.25, 0.3) is 5.91 Å². The first-order valence-electron chi connectivity index (χ1n) is 11.8. The van der Waals surface area contributed by atoms with Crippen LogP contribution in [0, 0.1) is 0 Å². The van der Waals surface area contributed by atoms with Gasteiger partial charge in [0.1, 0.15) is 18.5 Å². The maximum absolute atomic E-state index is 13.3. The van der Waals surface area contributed by atoms with Gasteiger partial charge in [0.15, 0.2) is 0 Å². The van der Waals surface area contributed by atoms with Gasteiger partial charge < -0.3 is 25.0 Å². The second kappa shape index (κ2) is 11.1. The predicted octanol–water partition coefficient (Wildman–Crippen LogP) is 3.78. The van der Waals surface area contributed by atoms with Crippen molar-refractivity contribution in [2.24, 2.45) is 0 Å². The number of hydrogen-bond donors (Lipinski definition) is 2. The van der Waals surface area contributed by atoms with Gasteiger partial charge in [-0.1, -0.05) is 36.7 Å². The fourth-order valence-corrected chi connectivity index (χ4v) is 4.67. The molecule has 0 aromatic heterocycles. The van der Waals surface area contributed by atoms with E-state index in [1.807, 2.05) is 18.2 Å². The van der Waals surface area contributed by atoms with Crippen LogP contribution in [0.5, 0.6) is 5.75 Å². The van der Waals surface area contributed by atoms with Gasteiger partial charge in [-0.2, -0.15) is 0 Å². The topological polar surface area (TPSA) is 97.0 Å². The Labute approximate surface area is 209 Å². The number of amides is 3. The van der Waals surface area contributed by atoms with E-state index in [0.29, 0.717) is 47.8 Å². The summed E-state index contributed by atoms with van der Waals surface area (Å²) in [6.45, 7) is 2.38. The molecule has 2 aromatic rings. The van der Waals surface area contributed by atoms with E-state index >= 15 is 0 Å². The normalized spacial score (nSPS) is 21.6. The Bertz CT molecular complexity index is 1110. The zero-order chi connectivity index (χ0) is 24.9. The van der Waals surface area contributed by atoms with Gasteiger partial charge in [0, 0.05) is 30.7 Å².